The Morgan fingerprint density at radius 3 is 2.77 bits per heavy atom. The van der Waals surface area contributed by atoms with E-state index in [0.717, 1.165) is 53.5 Å². The zero-order valence-electron chi connectivity index (χ0n) is 16.4. The van der Waals surface area contributed by atoms with Crippen molar-refractivity contribution in [1.82, 2.24) is 24.5 Å². The van der Waals surface area contributed by atoms with E-state index < -0.39 is 0 Å². The van der Waals surface area contributed by atoms with Crippen LogP contribution in [-0.4, -0.2) is 24.5 Å². The van der Waals surface area contributed by atoms with Crippen LogP contribution in [0, 0.1) is 11.3 Å². The number of nitrogens with zero attached hydrogens (tertiary/aromatic N) is 6. The van der Waals surface area contributed by atoms with Crippen LogP contribution >= 0.6 is 11.3 Å². The summed E-state index contributed by atoms with van der Waals surface area (Å²) in [6.07, 6.45) is 8.17. The molecule has 0 unspecified atom stereocenters. The second-order valence-corrected chi connectivity index (χ2v) is 8.21. The number of benzene rings is 1. The van der Waals surface area contributed by atoms with Gasteiger partial charge in [0.15, 0.2) is 5.82 Å². The predicted molar refractivity (Wildman–Crippen MR) is 118 cm³/mol. The standard InChI is InChI=1S/C23H20N6S/c24-15-17(23-26-25-21-11-5-2-6-12-28(21)23)14-18-16-29(19-8-3-1-4-9-19)27-22(18)20-10-7-13-30-20/h1,3-4,7-10,13-14,16H,2,5-6,11-12H2. The van der Waals surface area contributed by atoms with Gasteiger partial charge in [0.1, 0.15) is 17.6 Å². The fraction of sp³-hybridized carbons (Fsp3) is 0.217. The van der Waals surface area contributed by atoms with E-state index in [0.29, 0.717) is 11.4 Å². The predicted octanol–water partition coefficient (Wildman–Crippen LogP) is 4.98. The van der Waals surface area contributed by atoms with Gasteiger partial charge in [-0.25, -0.2) is 4.68 Å². The molecule has 0 aliphatic carbocycles. The fourth-order valence-electron chi connectivity index (χ4n) is 3.80. The Morgan fingerprint density at radius 2 is 1.97 bits per heavy atom. The molecule has 4 aromatic rings. The van der Waals surface area contributed by atoms with Gasteiger partial charge < -0.3 is 4.57 Å². The number of fused-ring (bicyclic) bond motifs is 1. The molecule has 0 fully saturated rings. The van der Waals surface area contributed by atoms with Crippen LogP contribution in [0.1, 0.15) is 36.5 Å². The van der Waals surface area contributed by atoms with E-state index in [1.165, 1.54) is 6.42 Å². The first-order valence-electron chi connectivity index (χ1n) is 10.1. The van der Waals surface area contributed by atoms with Crippen molar-refractivity contribution >= 4 is 23.0 Å². The van der Waals surface area contributed by atoms with Crippen molar-refractivity contribution < 1.29 is 0 Å². The van der Waals surface area contributed by atoms with Gasteiger partial charge in [-0.05, 0) is 42.5 Å². The van der Waals surface area contributed by atoms with Gasteiger partial charge >= 0.3 is 0 Å². The molecule has 6 nitrogen and oxygen atoms in total. The van der Waals surface area contributed by atoms with Crippen molar-refractivity contribution in [2.24, 2.45) is 0 Å². The molecule has 4 heterocycles. The normalized spacial score (nSPS) is 14.2. The molecule has 1 aromatic carbocycles. The van der Waals surface area contributed by atoms with Crippen LogP contribution < -0.4 is 0 Å². The third-order valence-corrected chi connectivity index (χ3v) is 6.17. The number of aryl methyl sites for hydroxylation is 1. The lowest BCUT2D eigenvalue weighted by atomic mass is 10.1. The average molecular weight is 413 g/mol. The van der Waals surface area contributed by atoms with E-state index >= 15 is 0 Å². The van der Waals surface area contributed by atoms with Gasteiger partial charge in [0, 0.05) is 24.7 Å². The van der Waals surface area contributed by atoms with Crippen molar-refractivity contribution in [1.29, 1.82) is 5.26 Å². The minimum absolute atomic E-state index is 0.515. The van der Waals surface area contributed by atoms with Crippen LogP contribution in [0.5, 0.6) is 0 Å². The Morgan fingerprint density at radius 1 is 1.07 bits per heavy atom. The maximum atomic E-state index is 9.95. The lowest BCUT2D eigenvalue weighted by molar-refractivity contribution is 0.627. The smallest absolute Gasteiger partial charge is 0.174 e. The molecular formula is C23H20N6S. The van der Waals surface area contributed by atoms with Crippen LogP contribution in [0.25, 0.3) is 27.9 Å². The molecule has 7 heteroatoms. The van der Waals surface area contributed by atoms with Crippen molar-refractivity contribution in [2.75, 3.05) is 0 Å². The van der Waals surface area contributed by atoms with E-state index in [4.69, 9.17) is 5.10 Å². The minimum Gasteiger partial charge on any atom is -0.310 e. The highest BCUT2D eigenvalue weighted by Crippen LogP contribution is 2.30. The third-order valence-electron chi connectivity index (χ3n) is 5.29. The Kier molecular flexibility index (Phi) is 4.99. The van der Waals surface area contributed by atoms with Crippen molar-refractivity contribution in [3.05, 3.63) is 71.3 Å². The summed E-state index contributed by atoms with van der Waals surface area (Å²) in [6, 6.07) is 16.4. The molecule has 0 N–H and O–H groups in total. The van der Waals surface area contributed by atoms with Gasteiger partial charge in [-0.3, -0.25) is 0 Å². The molecule has 30 heavy (non-hydrogen) atoms. The quantitative estimate of drug-likeness (QED) is 0.443. The van der Waals surface area contributed by atoms with E-state index in [1.807, 2.05) is 58.7 Å². The van der Waals surface area contributed by atoms with Crippen LogP contribution in [0.2, 0.25) is 0 Å². The molecule has 0 saturated heterocycles. The Labute approximate surface area is 178 Å². The summed E-state index contributed by atoms with van der Waals surface area (Å²) in [5.41, 5.74) is 3.24. The molecule has 0 atom stereocenters. The first-order chi connectivity index (χ1) is 14.8. The zero-order valence-corrected chi connectivity index (χ0v) is 17.2. The Balaban J connectivity index is 1.62. The number of rotatable bonds is 4. The van der Waals surface area contributed by atoms with E-state index in [2.05, 4.69) is 26.9 Å². The van der Waals surface area contributed by atoms with Gasteiger partial charge in [-0.1, -0.05) is 30.7 Å². The highest BCUT2D eigenvalue weighted by Gasteiger charge is 2.19. The number of thiophene rings is 1. The number of allylic oxidation sites excluding steroid dienone is 1. The second kappa shape index (κ2) is 8.09. The van der Waals surface area contributed by atoms with Gasteiger partial charge in [0.2, 0.25) is 0 Å². The number of aromatic nitrogens is 5. The number of hydrogen-bond acceptors (Lipinski definition) is 5. The average Bonchev–Trinajstić information content (AvgIpc) is 3.50. The molecule has 3 aromatic heterocycles. The summed E-state index contributed by atoms with van der Waals surface area (Å²) >= 11 is 1.64. The van der Waals surface area contributed by atoms with Crippen molar-refractivity contribution in [3.8, 4) is 22.3 Å². The van der Waals surface area contributed by atoms with Crippen molar-refractivity contribution in [2.45, 2.75) is 32.2 Å². The molecular weight excluding hydrogens is 392 g/mol. The van der Waals surface area contributed by atoms with Crippen molar-refractivity contribution in [3.63, 3.8) is 0 Å². The molecule has 0 bridgehead atoms. The fourth-order valence-corrected chi connectivity index (χ4v) is 4.53. The largest absolute Gasteiger partial charge is 0.310 e. The van der Waals surface area contributed by atoms with Crippen LogP contribution in [0.3, 0.4) is 0 Å². The number of hydrogen-bond donors (Lipinski definition) is 0. The molecule has 5 rings (SSSR count). The molecule has 0 spiro atoms. The summed E-state index contributed by atoms with van der Waals surface area (Å²) in [4.78, 5) is 1.06. The SMILES string of the molecule is N#CC(=Cc1cn(-c2ccccc2)nc1-c1cccs1)c1nnc2n1CCCCC2. The Hall–Kier alpha value is -3.50. The highest BCUT2D eigenvalue weighted by atomic mass is 32.1. The number of para-hydroxylation sites is 1. The lowest BCUT2D eigenvalue weighted by Crippen LogP contribution is -2.05. The lowest BCUT2D eigenvalue weighted by Gasteiger charge is -2.05. The third kappa shape index (κ3) is 3.46. The highest BCUT2D eigenvalue weighted by molar-refractivity contribution is 7.13. The van der Waals surface area contributed by atoms with Gasteiger partial charge in [-0.2, -0.15) is 10.4 Å². The molecule has 1 aliphatic rings. The van der Waals surface area contributed by atoms with E-state index in [-0.39, 0.29) is 0 Å². The topological polar surface area (TPSA) is 72.3 Å². The summed E-state index contributed by atoms with van der Waals surface area (Å²) < 4.78 is 3.97. The summed E-state index contributed by atoms with van der Waals surface area (Å²) in [6.45, 7) is 0.859. The molecule has 148 valence electrons. The maximum Gasteiger partial charge on any atom is 0.174 e. The maximum absolute atomic E-state index is 9.95. The van der Waals surface area contributed by atoms with Crippen LogP contribution in [0.4, 0.5) is 0 Å². The first-order valence-corrected chi connectivity index (χ1v) is 10.9. The Bertz CT molecular complexity index is 1220. The summed E-state index contributed by atoms with van der Waals surface area (Å²) in [5, 5.41) is 25.5. The monoisotopic (exact) mass is 412 g/mol. The van der Waals surface area contributed by atoms with Crippen LogP contribution in [0.15, 0.2) is 54.0 Å². The summed E-state index contributed by atoms with van der Waals surface area (Å²) in [5.74, 6) is 1.63. The summed E-state index contributed by atoms with van der Waals surface area (Å²) in [7, 11) is 0. The zero-order chi connectivity index (χ0) is 20.3. The second-order valence-electron chi connectivity index (χ2n) is 7.26. The molecule has 1 aliphatic heterocycles. The first kappa shape index (κ1) is 18.5. The van der Waals surface area contributed by atoms with Crippen LogP contribution in [-0.2, 0) is 13.0 Å². The number of nitriles is 1. The van der Waals surface area contributed by atoms with E-state index in [1.54, 1.807) is 11.3 Å². The minimum atomic E-state index is 0.515. The van der Waals surface area contributed by atoms with Gasteiger partial charge in [0.25, 0.3) is 0 Å². The van der Waals surface area contributed by atoms with E-state index in [9.17, 15) is 5.26 Å². The molecule has 0 saturated carbocycles. The van der Waals surface area contributed by atoms with Gasteiger partial charge in [-0.15, -0.1) is 21.5 Å². The molecule has 0 amide bonds. The molecule has 0 radical (unpaired) electrons. The van der Waals surface area contributed by atoms with Gasteiger partial charge in [0.05, 0.1) is 16.1 Å².